The van der Waals surface area contributed by atoms with Crippen molar-refractivity contribution in [3.8, 4) is 17.6 Å². The molecule has 4 nitrogen and oxygen atoms in total. The lowest BCUT2D eigenvalue weighted by molar-refractivity contribution is 0.0535. The molecule has 0 aromatic heterocycles. The van der Waals surface area contributed by atoms with Gasteiger partial charge in [0, 0.05) is 6.07 Å². The first-order chi connectivity index (χ1) is 8.78. The van der Waals surface area contributed by atoms with Crippen LogP contribution >= 0.6 is 0 Å². The third-order valence-electron chi connectivity index (χ3n) is 1.90. The third-order valence-corrected chi connectivity index (χ3v) is 1.90. The lowest BCUT2D eigenvalue weighted by atomic mass is 10.2. The van der Waals surface area contributed by atoms with E-state index in [4.69, 9.17) is 4.74 Å². The number of phenolic OH excluding ortho intramolecular Hbond substituents is 1. The number of amides is 1. The van der Waals surface area contributed by atoms with Crippen molar-refractivity contribution in [2.75, 3.05) is 6.54 Å². The van der Waals surface area contributed by atoms with Gasteiger partial charge in [-0.3, -0.25) is 0 Å². The summed E-state index contributed by atoms with van der Waals surface area (Å²) in [6.07, 6.45) is -0.565. The predicted octanol–water partition coefficient (Wildman–Crippen LogP) is 2.41. The van der Waals surface area contributed by atoms with Crippen LogP contribution < -0.4 is 5.32 Å². The molecule has 0 bridgehead atoms. The van der Waals surface area contributed by atoms with Crippen molar-refractivity contribution < 1.29 is 19.0 Å². The molecule has 0 fully saturated rings. The highest BCUT2D eigenvalue weighted by atomic mass is 19.1. The van der Waals surface area contributed by atoms with Gasteiger partial charge in [-0.15, -0.1) is 0 Å². The predicted molar refractivity (Wildman–Crippen MR) is 69.2 cm³/mol. The van der Waals surface area contributed by atoms with Gasteiger partial charge in [0.25, 0.3) is 0 Å². The highest BCUT2D eigenvalue weighted by Gasteiger charge is 2.14. The van der Waals surface area contributed by atoms with Gasteiger partial charge >= 0.3 is 6.09 Å². The molecule has 5 heteroatoms. The van der Waals surface area contributed by atoms with Crippen molar-refractivity contribution in [2.24, 2.45) is 0 Å². The number of nitrogens with one attached hydrogen (secondary N) is 1. The monoisotopic (exact) mass is 265 g/mol. The normalized spacial score (nSPS) is 10.3. The van der Waals surface area contributed by atoms with Crippen LogP contribution in [0.25, 0.3) is 0 Å². The molecule has 0 aliphatic rings. The second-order valence-electron chi connectivity index (χ2n) is 4.82. The molecule has 0 aliphatic heterocycles. The van der Waals surface area contributed by atoms with E-state index in [2.05, 4.69) is 17.2 Å². The molecule has 0 radical (unpaired) electrons. The van der Waals surface area contributed by atoms with Gasteiger partial charge in [0.1, 0.15) is 17.2 Å². The summed E-state index contributed by atoms with van der Waals surface area (Å²) in [6, 6.07) is 3.54. The SMILES string of the molecule is CC(C)(C)OC(=O)NCC#Cc1ccc(F)cc1O. The Morgan fingerprint density at radius 3 is 2.74 bits per heavy atom. The first-order valence-corrected chi connectivity index (χ1v) is 5.72. The number of carbonyl (C=O) groups excluding carboxylic acids is 1. The van der Waals surface area contributed by atoms with Gasteiger partial charge in [0.2, 0.25) is 0 Å². The van der Waals surface area contributed by atoms with Gasteiger partial charge in [0.05, 0.1) is 12.1 Å². The van der Waals surface area contributed by atoms with Crippen LogP contribution in [0.2, 0.25) is 0 Å². The summed E-state index contributed by atoms with van der Waals surface area (Å²) in [7, 11) is 0. The van der Waals surface area contributed by atoms with Crippen molar-refractivity contribution in [1.82, 2.24) is 5.32 Å². The van der Waals surface area contributed by atoms with Crippen LogP contribution in [-0.2, 0) is 4.74 Å². The van der Waals surface area contributed by atoms with Crippen LogP contribution in [0.15, 0.2) is 18.2 Å². The Labute approximate surface area is 111 Å². The molecule has 0 aliphatic carbocycles. The minimum Gasteiger partial charge on any atom is -0.507 e. The van der Waals surface area contributed by atoms with Crippen LogP contribution in [-0.4, -0.2) is 23.3 Å². The molecule has 0 saturated carbocycles. The van der Waals surface area contributed by atoms with Gasteiger partial charge in [-0.1, -0.05) is 11.8 Å². The van der Waals surface area contributed by atoms with Crippen LogP contribution in [0.5, 0.6) is 5.75 Å². The standard InChI is InChI=1S/C14H16FNO3/c1-14(2,3)19-13(18)16-8-4-5-10-6-7-11(15)9-12(10)17/h6-7,9,17H,8H2,1-3H3,(H,16,18). The van der Waals surface area contributed by atoms with Crippen LogP contribution in [0.3, 0.4) is 0 Å². The van der Waals surface area contributed by atoms with E-state index < -0.39 is 17.5 Å². The molecule has 0 saturated heterocycles. The summed E-state index contributed by atoms with van der Waals surface area (Å²) in [5, 5.41) is 11.8. The molecule has 0 atom stereocenters. The lowest BCUT2D eigenvalue weighted by Gasteiger charge is -2.18. The smallest absolute Gasteiger partial charge is 0.408 e. The zero-order valence-corrected chi connectivity index (χ0v) is 11.1. The average molecular weight is 265 g/mol. The molecular weight excluding hydrogens is 249 g/mol. The molecule has 1 aromatic carbocycles. The fourth-order valence-corrected chi connectivity index (χ4v) is 1.18. The summed E-state index contributed by atoms with van der Waals surface area (Å²) in [6.45, 7) is 5.35. The second kappa shape index (κ2) is 6.10. The van der Waals surface area contributed by atoms with E-state index in [0.29, 0.717) is 5.56 Å². The van der Waals surface area contributed by atoms with E-state index in [-0.39, 0.29) is 12.3 Å². The number of hydrogen-bond acceptors (Lipinski definition) is 3. The number of benzene rings is 1. The lowest BCUT2D eigenvalue weighted by Crippen LogP contribution is -2.32. The van der Waals surface area contributed by atoms with Gasteiger partial charge in [-0.05, 0) is 32.9 Å². The Kier molecular flexibility index (Phi) is 4.76. The Morgan fingerprint density at radius 2 is 2.16 bits per heavy atom. The molecule has 0 heterocycles. The summed E-state index contributed by atoms with van der Waals surface area (Å²) < 4.78 is 17.7. The number of carbonyl (C=O) groups is 1. The van der Waals surface area contributed by atoms with E-state index >= 15 is 0 Å². The van der Waals surface area contributed by atoms with E-state index in [0.717, 1.165) is 6.07 Å². The van der Waals surface area contributed by atoms with E-state index in [1.165, 1.54) is 12.1 Å². The van der Waals surface area contributed by atoms with Crippen LogP contribution in [0.4, 0.5) is 9.18 Å². The Hall–Kier alpha value is -2.22. The molecule has 2 N–H and O–H groups in total. The first kappa shape index (κ1) is 14.8. The number of halogens is 1. The van der Waals surface area contributed by atoms with Crippen LogP contribution in [0.1, 0.15) is 26.3 Å². The summed E-state index contributed by atoms with van der Waals surface area (Å²) in [4.78, 5) is 11.3. The average Bonchev–Trinajstić information content (AvgIpc) is 2.24. The molecule has 1 aromatic rings. The molecule has 1 rings (SSSR count). The topological polar surface area (TPSA) is 58.6 Å². The largest absolute Gasteiger partial charge is 0.507 e. The minimum atomic E-state index is -0.565. The number of rotatable bonds is 1. The van der Waals surface area contributed by atoms with E-state index in [9.17, 15) is 14.3 Å². The fraction of sp³-hybridized carbons (Fsp3) is 0.357. The molecule has 19 heavy (non-hydrogen) atoms. The number of hydrogen-bond donors (Lipinski definition) is 2. The molecular formula is C14H16FNO3. The molecule has 0 unspecified atom stereocenters. The Morgan fingerprint density at radius 1 is 1.47 bits per heavy atom. The number of aromatic hydroxyl groups is 1. The van der Waals surface area contributed by atoms with Gasteiger partial charge in [-0.2, -0.15) is 0 Å². The highest BCUT2D eigenvalue weighted by molar-refractivity contribution is 5.68. The molecule has 1 amide bonds. The Bertz CT molecular complexity index is 524. The quantitative estimate of drug-likeness (QED) is 0.767. The zero-order valence-electron chi connectivity index (χ0n) is 11.1. The maximum absolute atomic E-state index is 12.7. The fourth-order valence-electron chi connectivity index (χ4n) is 1.18. The summed E-state index contributed by atoms with van der Waals surface area (Å²) in [5.41, 5.74) is -0.264. The van der Waals surface area contributed by atoms with Crippen molar-refractivity contribution >= 4 is 6.09 Å². The van der Waals surface area contributed by atoms with Gasteiger partial charge < -0.3 is 15.2 Å². The van der Waals surface area contributed by atoms with Gasteiger partial charge in [0.15, 0.2) is 0 Å². The van der Waals surface area contributed by atoms with Crippen molar-refractivity contribution in [3.63, 3.8) is 0 Å². The number of alkyl carbamates (subject to hydrolysis) is 1. The van der Waals surface area contributed by atoms with Crippen LogP contribution in [0, 0.1) is 17.7 Å². The second-order valence-corrected chi connectivity index (χ2v) is 4.82. The number of phenols is 1. The van der Waals surface area contributed by atoms with Crippen molar-refractivity contribution in [2.45, 2.75) is 26.4 Å². The zero-order chi connectivity index (χ0) is 14.5. The summed E-state index contributed by atoms with van der Waals surface area (Å²) in [5.74, 6) is 4.49. The Balaban J connectivity index is 2.50. The first-order valence-electron chi connectivity index (χ1n) is 5.72. The minimum absolute atomic E-state index is 0.0751. The van der Waals surface area contributed by atoms with Crippen molar-refractivity contribution in [3.05, 3.63) is 29.6 Å². The number of ether oxygens (including phenoxy) is 1. The maximum atomic E-state index is 12.7. The molecule has 102 valence electrons. The van der Waals surface area contributed by atoms with E-state index in [1.807, 2.05) is 0 Å². The maximum Gasteiger partial charge on any atom is 0.408 e. The highest BCUT2D eigenvalue weighted by Crippen LogP contribution is 2.16. The van der Waals surface area contributed by atoms with E-state index in [1.54, 1.807) is 20.8 Å². The van der Waals surface area contributed by atoms with Crippen molar-refractivity contribution in [1.29, 1.82) is 0 Å². The van der Waals surface area contributed by atoms with Gasteiger partial charge in [-0.25, -0.2) is 9.18 Å². The summed E-state index contributed by atoms with van der Waals surface area (Å²) >= 11 is 0. The molecule has 0 spiro atoms. The third kappa shape index (κ3) is 5.77.